The minimum Gasteiger partial charge on any atom is -0.469 e. The van der Waals surface area contributed by atoms with Gasteiger partial charge in [-0.05, 0) is 25.7 Å². The predicted molar refractivity (Wildman–Crippen MR) is 62.5 cm³/mol. The molecule has 1 N–H and O–H groups in total. The Morgan fingerprint density at radius 2 is 2.00 bits per heavy atom. The zero-order valence-electron chi connectivity index (χ0n) is 10.5. The maximum Gasteiger partial charge on any atom is 0.407 e. The van der Waals surface area contributed by atoms with E-state index in [1.807, 2.05) is 0 Å². The fourth-order valence-corrected chi connectivity index (χ4v) is 2.31. The number of ether oxygens (including phenoxy) is 2. The second-order valence-electron chi connectivity index (χ2n) is 4.28. The van der Waals surface area contributed by atoms with Crippen molar-refractivity contribution in [1.29, 1.82) is 0 Å². The van der Waals surface area contributed by atoms with Gasteiger partial charge >= 0.3 is 12.1 Å². The molecule has 0 aromatic heterocycles. The molecule has 1 rings (SSSR count). The Balaban J connectivity index is 2.42. The van der Waals surface area contributed by atoms with Crippen molar-refractivity contribution in [3.8, 4) is 0 Å². The minimum absolute atomic E-state index is 0.0873. The summed E-state index contributed by atoms with van der Waals surface area (Å²) in [4.78, 5) is 22.8. The van der Waals surface area contributed by atoms with Crippen LogP contribution in [-0.4, -0.2) is 32.3 Å². The van der Waals surface area contributed by atoms with E-state index in [-0.39, 0.29) is 17.8 Å². The van der Waals surface area contributed by atoms with Gasteiger partial charge in [0.2, 0.25) is 0 Å². The summed E-state index contributed by atoms with van der Waals surface area (Å²) < 4.78 is 9.58. The van der Waals surface area contributed by atoms with Gasteiger partial charge in [0.05, 0.1) is 19.6 Å². The monoisotopic (exact) mass is 243 g/mol. The van der Waals surface area contributed by atoms with Gasteiger partial charge in [-0.15, -0.1) is 0 Å². The van der Waals surface area contributed by atoms with Crippen LogP contribution in [0.4, 0.5) is 4.79 Å². The Bertz CT molecular complexity index is 267. The number of methoxy groups -OCH3 is 1. The van der Waals surface area contributed by atoms with Crippen molar-refractivity contribution in [1.82, 2.24) is 5.32 Å². The largest absolute Gasteiger partial charge is 0.469 e. The van der Waals surface area contributed by atoms with E-state index < -0.39 is 6.09 Å². The first-order valence-electron chi connectivity index (χ1n) is 6.17. The lowest BCUT2D eigenvalue weighted by molar-refractivity contribution is -0.148. The predicted octanol–water partition coefficient (Wildman–Crippen LogP) is 1.71. The normalized spacial score (nSPS) is 23.9. The summed E-state index contributed by atoms with van der Waals surface area (Å²) in [5.41, 5.74) is 0. The van der Waals surface area contributed by atoms with Gasteiger partial charge in [0.1, 0.15) is 0 Å². The zero-order valence-corrected chi connectivity index (χ0v) is 10.5. The van der Waals surface area contributed by atoms with Gasteiger partial charge in [-0.2, -0.15) is 0 Å². The van der Waals surface area contributed by atoms with E-state index in [0.717, 1.165) is 25.7 Å². The lowest BCUT2D eigenvalue weighted by Crippen LogP contribution is -2.37. The molecule has 1 amide bonds. The molecule has 0 heterocycles. The lowest BCUT2D eigenvalue weighted by atomic mass is 9.79. The number of esters is 1. The molecule has 2 unspecified atom stereocenters. The van der Waals surface area contributed by atoms with Crippen LogP contribution >= 0.6 is 0 Å². The van der Waals surface area contributed by atoms with E-state index in [0.29, 0.717) is 13.2 Å². The molecule has 0 aromatic carbocycles. The van der Waals surface area contributed by atoms with Crippen molar-refractivity contribution in [3.05, 3.63) is 0 Å². The first kappa shape index (κ1) is 13.8. The average Bonchev–Trinajstić information content (AvgIpc) is 2.36. The number of hydrogen-bond acceptors (Lipinski definition) is 4. The van der Waals surface area contributed by atoms with Crippen LogP contribution in [0.1, 0.15) is 32.6 Å². The highest BCUT2D eigenvalue weighted by atomic mass is 16.5. The molecule has 0 saturated heterocycles. The van der Waals surface area contributed by atoms with E-state index in [1.54, 1.807) is 6.92 Å². The van der Waals surface area contributed by atoms with E-state index in [1.165, 1.54) is 7.11 Å². The van der Waals surface area contributed by atoms with Gasteiger partial charge in [0.25, 0.3) is 0 Å². The summed E-state index contributed by atoms with van der Waals surface area (Å²) in [6, 6.07) is 0. The first-order chi connectivity index (χ1) is 8.19. The van der Waals surface area contributed by atoms with Gasteiger partial charge in [-0.3, -0.25) is 4.79 Å². The van der Waals surface area contributed by atoms with Crippen LogP contribution in [0.2, 0.25) is 0 Å². The zero-order chi connectivity index (χ0) is 12.7. The highest BCUT2D eigenvalue weighted by Gasteiger charge is 2.31. The number of alkyl carbamates (subject to hydrolysis) is 1. The third kappa shape index (κ3) is 4.24. The molecule has 1 aliphatic rings. The van der Waals surface area contributed by atoms with Gasteiger partial charge in [0, 0.05) is 6.54 Å². The molecule has 1 saturated carbocycles. The van der Waals surface area contributed by atoms with Gasteiger partial charge in [0.15, 0.2) is 0 Å². The topological polar surface area (TPSA) is 64.6 Å². The van der Waals surface area contributed by atoms with Crippen LogP contribution in [-0.2, 0) is 14.3 Å². The Kier molecular flexibility index (Phi) is 5.80. The van der Waals surface area contributed by atoms with Crippen molar-refractivity contribution in [3.63, 3.8) is 0 Å². The second-order valence-corrected chi connectivity index (χ2v) is 4.28. The lowest BCUT2D eigenvalue weighted by Gasteiger charge is -2.29. The Morgan fingerprint density at radius 1 is 1.29 bits per heavy atom. The molecule has 5 nitrogen and oxygen atoms in total. The van der Waals surface area contributed by atoms with Gasteiger partial charge in [-0.25, -0.2) is 4.79 Å². The number of carbonyl (C=O) groups excluding carboxylic acids is 2. The molecule has 0 spiro atoms. The highest BCUT2D eigenvalue weighted by molar-refractivity contribution is 5.73. The first-order valence-corrected chi connectivity index (χ1v) is 6.17. The number of hydrogen-bond donors (Lipinski definition) is 1. The minimum atomic E-state index is -0.415. The summed E-state index contributed by atoms with van der Waals surface area (Å²) in [5, 5.41) is 2.69. The highest BCUT2D eigenvalue weighted by Crippen LogP contribution is 2.30. The van der Waals surface area contributed by atoms with Crippen LogP contribution < -0.4 is 5.32 Å². The second kappa shape index (κ2) is 7.14. The van der Waals surface area contributed by atoms with E-state index in [9.17, 15) is 9.59 Å². The molecule has 2 atom stereocenters. The third-order valence-corrected chi connectivity index (χ3v) is 3.20. The van der Waals surface area contributed by atoms with Gasteiger partial charge < -0.3 is 14.8 Å². The molecule has 1 aliphatic carbocycles. The number of carbonyl (C=O) groups is 2. The van der Waals surface area contributed by atoms with Crippen molar-refractivity contribution in [2.24, 2.45) is 11.8 Å². The number of rotatable bonds is 4. The van der Waals surface area contributed by atoms with Crippen LogP contribution in [0, 0.1) is 11.8 Å². The summed E-state index contributed by atoms with van der Waals surface area (Å²) in [6.45, 7) is 2.60. The summed E-state index contributed by atoms with van der Waals surface area (Å²) in [5.74, 6) is -0.0864. The Hall–Kier alpha value is -1.26. The molecule has 17 heavy (non-hydrogen) atoms. The van der Waals surface area contributed by atoms with Gasteiger partial charge in [-0.1, -0.05) is 12.8 Å². The van der Waals surface area contributed by atoms with Crippen LogP contribution in [0.3, 0.4) is 0 Å². The maximum atomic E-state index is 11.6. The third-order valence-electron chi connectivity index (χ3n) is 3.20. The summed E-state index contributed by atoms with van der Waals surface area (Å²) >= 11 is 0. The molecule has 0 bridgehead atoms. The van der Waals surface area contributed by atoms with Crippen LogP contribution in [0.15, 0.2) is 0 Å². The molecule has 98 valence electrons. The number of nitrogens with one attached hydrogen (secondary N) is 1. The SMILES string of the molecule is CCOC(=O)NCC1CCCCC1C(=O)OC. The standard InChI is InChI=1S/C12H21NO4/c1-3-17-12(15)13-8-9-6-4-5-7-10(9)11(14)16-2/h9-10H,3-8H2,1-2H3,(H,13,15). The molecular weight excluding hydrogens is 222 g/mol. The van der Waals surface area contributed by atoms with Crippen molar-refractivity contribution < 1.29 is 19.1 Å². The average molecular weight is 243 g/mol. The molecule has 0 aromatic rings. The summed E-state index contributed by atoms with van der Waals surface area (Å²) in [7, 11) is 1.41. The van der Waals surface area contributed by atoms with E-state index in [4.69, 9.17) is 9.47 Å². The smallest absolute Gasteiger partial charge is 0.407 e. The maximum absolute atomic E-state index is 11.6. The van der Waals surface area contributed by atoms with Crippen molar-refractivity contribution in [2.75, 3.05) is 20.3 Å². The van der Waals surface area contributed by atoms with Crippen LogP contribution in [0.5, 0.6) is 0 Å². The quantitative estimate of drug-likeness (QED) is 0.763. The Labute approximate surface area is 102 Å². The molecule has 5 heteroatoms. The fraction of sp³-hybridized carbons (Fsp3) is 0.833. The summed E-state index contributed by atoms with van der Waals surface area (Å²) in [6.07, 6.45) is 3.54. The van der Waals surface area contributed by atoms with E-state index >= 15 is 0 Å². The molecule has 0 radical (unpaired) electrons. The van der Waals surface area contributed by atoms with Crippen molar-refractivity contribution >= 4 is 12.1 Å². The molecule has 1 fully saturated rings. The van der Waals surface area contributed by atoms with E-state index in [2.05, 4.69) is 5.32 Å². The molecular formula is C12H21NO4. The molecule has 0 aliphatic heterocycles. The fourth-order valence-electron chi connectivity index (χ4n) is 2.31. The Morgan fingerprint density at radius 3 is 2.65 bits per heavy atom. The number of amides is 1. The van der Waals surface area contributed by atoms with Crippen LogP contribution in [0.25, 0.3) is 0 Å². The van der Waals surface area contributed by atoms with Crippen molar-refractivity contribution in [2.45, 2.75) is 32.6 Å².